The molecule has 0 saturated carbocycles. The molecule has 0 unspecified atom stereocenters. The van der Waals surface area contributed by atoms with Crippen LogP contribution in [-0.4, -0.2) is 6.67 Å². The summed E-state index contributed by atoms with van der Waals surface area (Å²) in [5.41, 5.74) is 0. The van der Waals surface area contributed by atoms with E-state index in [2.05, 4.69) is 0 Å². The lowest BCUT2D eigenvalue weighted by atomic mass is 10.3. The average Bonchev–Trinajstić information content (AvgIpc) is 1.85. The van der Waals surface area contributed by atoms with Crippen molar-refractivity contribution in [1.82, 2.24) is 0 Å². The molecule has 0 aliphatic carbocycles. The highest BCUT2D eigenvalue weighted by Gasteiger charge is 1.81. The molecule has 2 heteroatoms. The molecule has 0 bridgehead atoms. The minimum atomic E-state index is -0.606. The highest BCUT2D eigenvalue weighted by atomic mass is 19.1. The molecule has 0 N–H and O–H groups in total. The number of allylic oxidation sites excluding steroid dienone is 4. The highest BCUT2D eigenvalue weighted by molar-refractivity contribution is 5.10. The lowest BCUT2D eigenvalue weighted by Crippen LogP contribution is -1.66. The smallest absolute Gasteiger partial charge is 0.118 e. The van der Waals surface area contributed by atoms with Crippen LogP contribution in [0.1, 0.15) is 13.3 Å². The predicted molar refractivity (Wildman–Crippen MR) is 34.6 cm³/mol. The third-order valence-electron chi connectivity index (χ3n) is 0.765. The number of hydrogen-bond donors (Lipinski definition) is 0. The summed E-state index contributed by atoms with van der Waals surface area (Å²) in [6.45, 7) is 1.22. The van der Waals surface area contributed by atoms with Gasteiger partial charge in [-0.2, -0.15) is 0 Å². The summed E-state index contributed by atoms with van der Waals surface area (Å²) >= 11 is 0. The molecule has 0 amide bonds. The van der Waals surface area contributed by atoms with Crippen molar-refractivity contribution in [3.8, 4) is 0 Å². The minimum absolute atomic E-state index is 0.366. The number of halogens is 2. The van der Waals surface area contributed by atoms with E-state index in [0.29, 0.717) is 6.42 Å². The van der Waals surface area contributed by atoms with Gasteiger partial charge in [0.25, 0.3) is 0 Å². The van der Waals surface area contributed by atoms with E-state index in [-0.39, 0.29) is 5.83 Å². The Morgan fingerprint density at radius 2 is 2.22 bits per heavy atom. The summed E-state index contributed by atoms with van der Waals surface area (Å²) in [7, 11) is 0. The van der Waals surface area contributed by atoms with Crippen molar-refractivity contribution >= 4 is 0 Å². The summed E-state index contributed by atoms with van der Waals surface area (Å²) in [5.74, 6) is -0.366. The molecule has 0 aromatic rings. The van der Waals surface area contributed by atoms with Crippen LogP contribution in [0.25, 0.3) is 0 Å². The minimum Gasteiger partial charge on any atom is -0.247 e. The van der Waals surface area contributed by atoms with Crippen LogP contribution in [0.4, 0.5) is 8.78 Å². The second-order valence-electron chi connectivity index (χ2n) is 1.55. The van der Waals surface area contributed by atoms with Gasteiger partial charge in [-0.15, -0.1) is 0 Å². The van der Waals surface area contributed by atoms with Crippen LogP contribution in [0, 0.1) is 0 Å². The summed E-state index contributed by atoms with van der Waals surface area (Å²) < 4.78 is 23.5. The van der Waals surface area contributed by atoms with Crippen molar-refractivity contribution in [3.63, 3.8) is 0 Å². The molecule has 0 aromatic heterocycles. The molecule has 0 rings (SSSR count). The van der Waals surface area contributed by atoms with Crippen LogP contribution >= 0.6 is 0 Å². The third-order valence-corrected chi connectivity index (χ3v) is 0.765. The topological polar surface area (TPSA) is 0 Å². The second kappa shape index (κ2) is 5.48. The molecule has 0 fully saturated rings. The van der Waals surface area contributed by atoms with Gasteiger partial charge in [0.1, 0.15) is 12.5 Å². The summed E-state index contributed by atoms with van der Waals surface area (Å²) in [4.78, 5) is 0. The van der Waals surface area contributed by atoms with E-state index >= 15 is 0 Å². The molecule has 0 heterocycles. The Morgan fingerprint density at radius 1 is 1.56 bits per heavy atom. The zero-order valence-corrected chi connectivity index (χ0v) is 5.40. The zero-order chi connectivity index (χ0) is 7.11. The standard InChI is InChI=1S/C7H10F2/c1-2-4-7(9)5-3-6-8/h3-5H,2,6H2,1H3/b5-3-,7-4+. The predicted octanol–water partition coefficient (Wildman–Crippen LogP) is 2.78. The van der Waals surface area contributed by atoms with E-state index in [4.69, 9.17) is 0 Å². The SMILES string of the molecule is CC/C=C(F)\C=C/CF. The van der Waals surface area contributed by atoms with Crippen molar-refractivity contribution in [2.75, 3.05) is 6.67 Å². The fourth-order valence-electron chi connectivity index (χ4n) is 0.420. The number of rotatable bonds is 3. The van der Waals surface area contributed by atoms with Gasteiger partial charge in [0.15, 0.2) is 0 Å². The van der Waals surface area contributed by atoms with Gasteiger partial charge >= 0.3 is 0 Å². The molecule has 0 aliphatic heterocycles. The Hall–Kier alpha value is -0.660. The first-order valence-corrected chi connectivity index (χ1v) is 2.89. The van der Waals surface area contributed by atoms with Crippen LogP contribution in [0.15, 0.2) is 24.1 Å². The van der Waals surface area contributed by atoms with E-state index in [1.54, 1.807) is 0 Å². The molecule has 0 atom stereocenters. The van der Waals surface area contributed by atoms with Crippen molar-refractivity contribution in [2.45, 2.75) is 13.3 Å². The quantitative estimate of drug-likeness (QED) is 0.518. The summed E-state index contributed by atoms with van der Waals surface area (Å²) in [6, 6.07) is 0. The van der Waals surface area contributed by atoms with Crippen molar-refractivity contribution in [1.29, 1.82) is 0 Å². The van der Waals surface area contributed by atoms with E-state index in [1.807, 2.05) is 6.92 Å². The van der Waals surface area contributed by atoms with Gasteiger partial charge in [0.2, 0.25) is 0 Å². The van der Waals surface area contributed by atoms with Gasteiger partial charge < -0.3 is 0 Å². The molecule has 0 radical (unpaired) electrons. The first kappa shape index (κ1) is 8.34. The molecular formula is C7H10F2. The van der Waals surface area contributed by atoms with E-state index < -0.39 is 6.67 Å². The Kier molecular flexibility index (Phi) is 5.07. The largest absolute Gasteiger partial charge is 0.247 e. The van der Waals surface area contributed by atoms with Gasteiger partial charge in [-0.1, -0.05) is 13.0 Å². The van der Waals surface area contributed by atoms with E-state index in [1.165, 1.54) is 6.08 Å². The maximum atomic E-state index is 12.2. The maximum absolute atomic E-state index is 12.2. The van der Waals surface area contributed by atoms with Gasteiger partial charge in [0.05, 0.1) is 0 Å². The van der Waals surface area contributed by atoms with Crippen LogP contribution in [0.3, 0.4) is 0 Å². The lowest BCUT2D eigenvalue weighted by molar-refractivity contribution is 0.559. The summed E-state index contributed by atoms with van der Waals surface area (Å²) in [6.07, 6.45) is 4.31. The fourth-order valence-corrected chi connectivity index (χ4v) is 0.420. The molecule has 0 saturated heterocycles. The van der Waals surface area contributed by atoms with Gasteiger partial charge in [-0.3, -0.25) is 0 Å². The monoisotopic (exact) mass is 132 g/mol. The van der Waals surface area contributed by atoms with E-state index in [9.17, 15) is 8.78 Å². The Morgan fingerprint density at radius 3 is 2.67 bits per heavy atom. The molecule has 0 aromatic carbocycles. The normalized spacial score (nSPS) is 13.0. The van der Waals surface area contributed by atoms with Crippen LogP contribution in [0.5, 0.6) is 0 Å². The Bertz CT molecular complexity index is 114. The van der Waals surface area contributed by atoms with Crippen molar-refractivity contribution < 1.29 is 8.78 Å². The fraction of sp³-hybridized carbons (Fsp3) is 0.429. The Labute approximate surface area is 53.9 Å². The van der Waals surface area contributed by atoms with Crippen LogP contribution in [0.2, 0.25) is 0 Å². The van der Waals surface area contributed by atoms with Gasteiger partial charge in [0, 0.05) is 0 Å². The van der Waals surface area contributed by atoms with Crippen LogP contribution in [-0.2, 0) is 0 Å². The average molecular weight is 132 g/mol. The lowest BCUT2D eigenvalue weighted by Gasteiger charge is -1.81. The molecule has 0 aliphatic rings. The first-order valence-electron chi connectivity index (χ1n) is 2.89. The van der Waals surface area contributed by atoms with Crippen molar-refractivity contribution in [2.24, 2.45) is 0 Å². The molecular weight excluding hydrogens is 122 g/mol. The first-order chi connectivity index (χ1) is 4.31. The summed E-state index contributed by atoms with van der Waals surface area (Å²) in [5, 5.41) is 0. The molecule has 0 nitrogen and oxygen atoms in total. The van der Waals surface area contributed by atoms with Crippen molar-refractivity contribution in [3.05, 3.63) is 24.1 Å². The second-order valence-corrected chi connectivity index (χ2v) is 1.55. The highest BCUT2D eigenvalue weighted by Crippen LogP contribution is 1.99. The molecule has 9 heavy (non-hydrogen) atoms. The number of alkyl halides is 1. The van der Waals surface area contributed by atoms with Gasteiger partial charge in [-0.05, 0) is 18.6 Å². The maximum Gasteiger partial charge on any atom is 0.118 e. The number of hydrogen-bond acceptors (Lipinski definition) is 0. The molecule has 52 valence electrons. The molecule has 0 spiro atoms. The Balaban J connectivity index is 3.60. The van der Waals surface area contributed by atoms with Crippen LogP contribution < -0.4 is 0 Å². The van der Waals surface area contributed by atoms with Gasteiger partial charge in [-0.25, -0.2) is 8.78 Å². The zero-order valence-electron chi connectivity index (χ0n) is 5.40. The van der Waals surface area contributed by atoms with E-state index in [0.717, 1.165) is 12.2 Å². The third kappa shape index (κ3) is 5.21.